The van der Waals surface area contributed by atoms with Crippen LogP contribution in [0.15, 0.2) is 60.7 Å². The van der Waals surface area contributed by atoms with Crippen LogP contribution in [-0.4, -0.2) is 38.0 Å². The Balaban J connectivity index is 1.49. The highest BCUT2D eigenvalue weighted by atomic mass is 19.4. The number of halogens is 3. The fraction of sp³-hybridized carbons (Fsp3) is 0.353. The van der Waals surface area contributed by atoms with E-state index in [9.17, 15) is 23.7 Å². The molecule has 0 radical (unpaired) electrons. The summed E-state index contributed by atoms with van der Waals surface area (Å²) < 4.78 is 44.0. The smallest absolute Gasteiger partial charge is 0.383 e. The molecule has 1 aliphatic heterocycles. The van der Waals surface area contributed by atoms with E-state index in [4.69, 9.17) is 0 Å². The number of nitriles is 2. The third kappa shape index (κ3) is 5.90. The Hall–Kier alpha value is -5.27. The summed E-state index contributed by atoms with van der Waals surface area (Å²) in [7, 11) is 1.83. The van der Waals surface area contributed by atoms with Gasteiger partial charge in [0.05, 0.1) is 39.8 Å². The summed E-state index contributed by atoms with van der Waals surface area (Å²) in [5, 5.41) is 33.2. The average Bonchev–Trinajstić information content (AvgIpc) is 3.51. The van der Waals surface area contributed by atoms with Crippen molar-refractivity contribution in [1.82, 2.24) is 30.7 Å². The summed E-state index contributed by atoms with van der Waals surface area (Å²) in [6.07, 6.45) is 0.306. The summed E-state index contributed by atoms with van der Waals surface area (Å²) >= 11 is 0. The van der Waals surface area contributed by atoms with Crippen molar-refractivity contribution in [3.63, 3.8) is 0 Å². The lowest BCUT2D eigenvalue weighted by Gasteiger charge is -2.28. The summed E-state index contributed by atoms with van der Waals surface area (Å²) in [5.74, 6) is 0. The third-order valence-corrected chi connectivity index (χ3v) is 8.61. The van der Waals surface area contributed by atoms with Gasteiger partial charge in [-0.2, -0.15) is 28.8 Å². The largest absolute Gasteiger partial charge is 0.413 e. The number of anilines is 2. The van der Waals surface area contributed by atoms with Crippen molar-refractivity contribution in [3.8, 4) is 23.4 Å². The maximum absolute atomic E-state index is 14.1. The second kappa shape index (κ2) is 11.5. The minimum atomic E-state index is -4.42. The predicted octanol–water partition coefficient (Wildman–Crippen LogP) is 6.56. The summed E-state index contributed by atoms with van der Waals surface area (Å²) in [6, 6.07) is 14.9. The summed E-state index contributed by atoms with van der Waals surface area (Å²) in [5.41, 5.74) is 9.53. The third-order valence-electron chi connectivity index (χ3n) is 8.61. The van der Waals surface area contributed by atoms with Crippen molar-refractivity contribution in [2.45, 2.75) is 58.3 Å². The van der Waals surface area contributed by atoms with Gasteiger partial charge in [-0.15, -0.1) is 5.53 Å². The van der Waals surface area contributed by atoms with Gasteiger partial charge in [0.2, 0.25) is 0 Å². The molecule has 4 aromatic rings. The summed E-state index contributed by atoms with van der Waals surface area (Å²) in [6.45, 7) is 8.71. The van der Waals surface area contributed by atoms with Crippen molar-refractivity contribution >= 4 is 22.3 Å². The van der Waals surface area contributed by atoms with E-state index in [-0.39, 0.29) is 23.8 Å². The number of aryl methyl sites for hydroxylation is 1. The quantitative estimate of drug-likeness (QED) is 0.169. The SMILES string of the molecule is Cc1c(-c2ccn(C)n2)cccc1[C@H](Nc1cc(C#N)c2ncc(C#N)c(NCC(C)(C)C)c2c1)C1=CN(C2(C(F)(F)F)CC2)NN1. The molecule has 2 aromatic carbocycles. The molecule has 0 saturated heterocycles. The van der Waals surface area contributed by atoms with Crippen LogP contribution in [0.25, 0.3) is 22.2 Å². The molecular weight excluding hydrogens is 605 g/mol. The predicted molar refractivity (Wildman–Crippen MR) is 173 cm³/mol. The van der Waals surface area contributed by atoms with E-state index >= 15 is 0 Å². The normalized spacial score (nSPS) is 16.2. The van der Waals surface area contributed by atoms with Crippen molar-refractivity contribution in [1.29, 1.82) is 10.5 Å². The number of nitrogens with zero attached hydrogens (tertiary/aromatic N) is 6. The number of nitrogens with one attached hydrogen (secondary N) is 4. The van der Waals surface area contributed by atoms with Crippen molar-refractivity contribution < 1.29 is 13.2 Å². The molecule has 6 rings (SSSR count). The van der Waals surface area contributed by atoms with Gasteiger partial charge in [0.1, 0.15) is 12.1 Å². The number of hydrogen-bond donors (Lipinski definition) is 4. The molecule has 0 unspecified atom stereocenters. The van der Waals surface area contributed by atoms with Gasteiger partial charge in [-0.3, -0.25) is 14.7 Å². The molecule has 47 heavy (non-hydrogen) atoms. The first-order chi connectivity index (χ1) is 22.2. The molecule has 4 N–H and O–H groups in total. The first kappa shape index (κ1) is 31.7. The number of rotatable bonds is 8. The molecule has 2 aliphatic rings. The minimum absolute atomic E-state index is 0.0178. The van der Waals surface area contributed by atoms with E-state index < -0.39 is 17.8 Å². The second-order valence-electron chi connectivity index (χ2n) is 13.3. The Morgan fingerprint density at radius 2 is 1.83 bits per heavy atom. The van der Waals surface area contributed by atoms with Crippen LogP contribution < -0.4 is 21.6 Å². The van der Waals surface area contributed by atoms with Crippen LogP contribution in [0.2, 0.25) is 0 Å². The zero-order valence-corrected chi connectivity index (χ0v) is 26.7. The fourth-order valence-corrected chi connectivity index (χ4v) is 5.88. The number of fused-ring (bicyclic) bond motifs is 1. The topological polar surface area (TPSA) is 130 Å². The average molecular weight is 641 g/mol. The van der Waals surface area contributed by atoms with Crippen LogP contribution >= 0.6 is 0 Å². The maximum atomic E-state index is 14.1. The first-order valence-corrected chi connectivity index (χ1v) is 15.2. The molecule has 0 bridgehead atoms. The molecule has 2 aromatic heterocycles. The van der Waals surface area contributed by atoms with E-state index in [1.807, 2.05) is 50.5 Å². The molecule has 1 saturated carbocycles. The van der Waals surface area contributed by atoms with Crippen LogP contribution in [0.1, 0.15) is 61.9 Å². The van der Waals surface area contributed by atoms with Gasteiger partial charge in [-0.25, -0.2) is 0 Å². The molecule has 0 amide bonds. The van der Waals surface area contributed by atoms with E-state index in [1.54, 1.807) is 10.7 Å². The Morgan fingerprint density at radius 1 is 1.09 bits per heavy atom. The highest BCUT2D eigenvalue weighted by molar-refractivity contribution is 5.99. The van der Waals surface area contributed by atoms with Gasteiger partial charge in [-0.05, 0) is 54.5 Å². The molecule has 13 heteroatoms. The molecular formula is C34H35F3N10. The Morgan fingerprint density at radius 3 is 2.45 bits per heavy atom. The fourth-order valence-electron chi connectivity index (χ4n) is 5.88. The zero-order chi connectivity index (χ0) is 33.7. The Labute approximate surface area is 270 Å². The number of alkyl halides is 3. The maximum Gasteiger partial charge on any atom is 0.413 e. The number of pyridine rings is 1. The van der Waals surface area contributed by atoms with E-state index in [0.29, 0.717) is 40.1 Å². The van der Waals surface area contributed by atoms with Crippen molar-refractivity contribution in [3.05, 3.63) is 82.9 Å². The van der Waals surface area contributed by atoms with E-state index in [0.717, 1.165) is 27.4 Å². The van der Waals surface area contributed by atoms with Gasteiger partial charge in [0.25, 0.3) is 0 Å². The van der Waals surface area contributed by atoms with E-state index in [2.05, 4.69) is 64.6 Å². The van der Waals surface area contributed by atoms with Crippen LogP contribution in [0.3, 0.4) is 0 Å². The molecule has 1 atom stereocenters. The van der Waals surface area contributed by atoms with Crippen LogP contribution in [0.5, 0.6) is 0 Å². The lowest BCUT2D eigenvalue weighted by molar-refractivity contribution is -0.195. The molecule has 242 valence electrons. The van der Waals surface area contributed by atoms with Gasteiger partial charge in [-0.1, -0.05) is 39.0 Å². The second-order valence-corrected chi connectivity index (χ2v) is 13.3. The summed E-state index contributed by atoms with van der Waals surface area (Å²) in [4.78, 5) is 4.44. The van der Waals surface area contributed by atoms with Gasteiger partial charge in [0.15, 0.2) is 5.54 Å². The molecule has 10 nitrogen and oxygen atoms in total. The number of aromatic nitrogens is 3. The lowest BCUT2D eigenvalue weighted by atomic mass is 9.93. The molecule has 3 heterocycles. The molecule has 1 aliphatic carbocycles. The van der Waals surface area contributed by atoms with Crippen LogP contribution in [-0.2, 0) is 7.05 Å². The van der Waals surface area contributed by atoms with Gasteiger partial charge in [0, 0.05) is 48.8 Å². The first-order valence-electron chi connectivity index (χ1n) is 15.2. The minimum Gasteiger partial charge on any atom is -0.383 e. The van der Waals surface area contributed by atoms with Crippen molar-refractivity contribution in [2.75, 3.05) is 17.2 Å². The monoisotopic (exact) mass is 640 g/mol. The Bertz CT molecular complexity index is 1970. The van der Waals surface area contributed by atoms with Gasteiger partial charge >= 0.3 is 6.18 Å². The lowest BCUT2D eigenvalue weighted by Crippen LogP contribution is -2.52. The molecule has 1 fully saturated rings. The number of benzene rings is 2. The number of hydrogen-bond acceptors (Lipinski definition) is 9. The van der Waals surface area contributed by atoms with Crippen LogP contribution in [0, 0.1) is 35.0 Å². The number of hydrazine groups is 2. The van der Waals surface area contributed by atoms with Gasteiger partial charge < -0.3 is 16.1 Å². The van der Waals surface area contributed by atoms with Crippen LogP contribution in [0.4, 0.5) is 24.5 Å². The van der Waals surface area contributed by atoms with E-state index in [1.165, 1.54) is 12.4 Å². The standard InChI is InChI=1S/C34H35F3N10/c1-20-24(27-9-12-46(5)44-27)7-6-8-25(20)31(28-18-47(45-43-28)33(10-11-33)34(35,36)37)42-23-13-21(15-38)29-26(14-23)30(22(16-39)17-40-29)41-19-32(2,3)4/h6-9,12-14,17-18,31,42-43,45H,10-11,19H2,1-5H3,(H,40,41)/t31-/m0/s1. The highest BCUT2D eigenvalue weighted by Gasteiger charge is 2.67. The molecule has 0 spiro atoms. The Kier molecular flexibility index (Phi) is 7.77. The highest BCUT2D eigenvalue weighted by Crippen LogP contribution is 2.54. The zero-order valence-electron chi connectivity index (χ0n) is 26.7. The van der Waals surface area contributed by atoms with Crippen molar-refractivity contribution in [2.24, 2.45) is 12.5 Å².